The second kappa shape index (κ2) is 4.91. The molecule has 1 aromatic carbocycles. The number of thioether (sulfide) groups is 2. The van der Waals surface area contributed by atoms with Crippen molar-refractivity contribution in [1.29, 1.82) is 0 Å². The van der Waals surface area contributed by atoms with Crippen molar-refractivity contribution in [2.75, 3.05) is 12.3 Å². The molecule has 3 heteroatoms. The average Bonchev–Trinajstić information content (AvgIpc) is 2.67. The molecule has 1 aliphatic rings. The van der Waals surface area contributed by atoms with Gasteiger partial charge in [0.2, 0.25) is 0 Å². The second-order valence-electron chi connectivity index (χ2n) is 3.12. The molecule has 0 saturated heterocycles. The van der Waals surface area contributed by atoms with Crippen molar-refractivity contribution in [3.05, 3.63) is 41.3 Å². The molecule has 0 bridgehead atoms. The molecule has 1 heterocycles. The molecule has 0 amide bonds. The van der Waals surface area contributed by atoms with E-state index in [-0.39, 0.29) is 0 Å². The smallest absolute Gasteiger partial charge is 0.0379 e. The van der Waals surface area contributed by atoms with E-state index in [0.29, 0.717) is 11.8 Å². The van der Waals surface area contributed by atoms with E-state index in [2.05, 4.69) is 36.4 Å². The fraction of sp³-hybridized carbons (Fsp3) is 0.273. The van der Waals surface area contributed by atoms with Crippen LogP contribution in [0.1, 0.15) is 0 Å². The largest absolute Gasteiger partial charge is 0.326 e. The van der Waals surface area contributed by atoms with E-state index >= 15 is 0 Å². The summed E-state index contributed by atoms with van der Waals surface area (Å²) in [6.07, 6.45) is 2.29. The van der Waals surface area contributed by atoms with E-state index < -0.39 is 0 Å². The molecule has 0 aromatic heterocycles. The molecule has 0 saturated carbocycles. The van der Waals surface area contributed by atoms with Crippen LogP contribution in [-0.4, -0.2) is 17.5 Å². The van der Waals surface area contributed by atoms with Crippen LogP contribution in [-0.2, 0) is 0 Å². The van der Waals surface area contributed by atoms with Crippen molar-refractivity contribution in [2.45, 2.75) is 10.1 Å². The van der Waals surface area contributed by atoms with Gasteiger partial charge < -0.3 is 5.73 Å². The molecule has 0 spiro atoms. The summed E-state index contributed by atoms with van der Waals surface area (Å²) in [5.74, 6) is 1.16. The molecule has 0 radical (unpaired) electrons. The molecule has 14 heavy (non-hydrogen) atoms. The number of benzene rings is 1. The Hall–Kier alpha value is -0.380. The maximum absolute atomic E-state index is 5.59. The van der Waals surface area contributed by atoms with Gasteiger partial charge in [0.15, 0.2) is 0 Å². The van der Waals surface area contributed by atoms with Gasteiger partial charge in [-0.1, -0.05) is 24.3 Å². The predicted molar refractivity (Wildman–Crippen MR) is 65.7 cm³/mol. The van der Waals surface area contributed by atoms with E-state index in [1.807, 2.05) is 23.5 Å². The van der Waals surface area contributed by atoms with Gasteiger partial charge in [0.05, 0.1) is 0 Å². The fourth-order valence-electron chi connectivity index (χ4n) is 1.36. The third-order valence-electron chi connectivity index (χ3n) is 2.04. The summed E-state index contributed by atoms with van der Waals surface area (Å²) in [6.45, 7) is 0.691. The van der Waals surface area contributed by atoms with Crippen LogP contribution in [0.5, 0.6) is 0 Å². The molecular formula is C11H13NS2. The van der Waals surface area contributed by atoms with Gasteiger partial charge >= 0.3 is 0 Å². The lowest BCUT2D eigenvalue weighted by Crippen LogP contribution is -1.98. The Labute approximate surface area is 93.1 Å². The van der Waals surface area contributed by atoms with Gasteiger partial charge in [-0.15, -0.1) is 23.5 Å². The first-order valence-electron chi connectivity index (χ1n) is 4.64. The summed E-state index contributed by atoms with van der Waals surface area (Å²) < 4.78 is 0. The zero-order valence-corrected chi connectivity index (χ0v) is 9.48. The van der Waals surface area contributed by atoms with Gasteiger partial charge in [-0.25, -0.2) is 0 Å². The van der Waals surface area contributed by atoms with Crippen molar-refractivity contribution in [1.82, 2.24) is 0 Å². The molecule has 1 aromatic rings. The van der Waals surface area contributed by atoms with Crippen LogP contribution >= 0.6 is 23.5 Å². The van der Waals surface area contributed by atoms with Crippen LogP contribution in [0.15, 0.2) is 46.2 Å². The van der Waals surface area contributed by atoms with Crippen molar-refractivity contribution >= 4 is 23.5 Å². The first-order valence-corrected chi connectivity index (χ1v) is 6.50. The number of hydrogen-bond donors (Lipinski definition) is 1. The number of hydrogen-bond acceptors (Lipinski definition) is 3. The maximum atomic E-state index is 5.59. The van der Waals surface area contributed by atoms with E-state index in [0.717, 1.165) is 5.75 Å². The highest BCUT2D eigenvalue weighted by Crippen LogP contribution is 2.34. The normalized spacial score (nSPS) is 20.9. The minimum Gasteiger partial charge on any atom is -0.326 e. The molecule has 2 rings (SSSR count). The summed E-state index contributed by atoms with van der Waals surface area (Å²) in [7, 11) is 0. The Morgan fingerprint density at radius 2 is 2.14 bits per heavy atom. The summed E-state index contributed by atoms with van der Waals surface area (Å²) in [6, 6.07) is 10.5. The number of rotatable bonds is 3. The fourth-order valence-corrected chi connectivity index (χ4v) is 3.67. The minimum absolute atomic E-state index is 0.598. The summed E-state index contributed by atoms with van der Waals surface area (Å²) in [4.78, 5) is 2.67. The average molecular weight is 223 g/mol. The number of nitrogens with two attached hydrogens (primary N) is 1. The summed E-state index contributed by atoms with van der Waals surface area (Å²) in [5.41, 5.74) is 5.59. The van der Waals surface area contributed by atoms with Gasteiger partial charge in [0.25, 0.3) is 0 Å². The molecule has 1 unspecified atom stereocenters. The Morgan fingerprint density at radius 1 is 1.36 bits per heavy atom. The lowest BCUT2D eigenvalue weighted by molar-refractivity contribution is 1.21. The zero-order valence-electron chi connectivity index (χ0n) is 7.85. The van der Waals surface area contributed by atoms with Crippen molar-refractivity contribution in [3.63, 3.8) is 0 Å². The van der Waals surface area contributed by atoms with Crippen LogP contribution in [0.2, 0.25) is 0 Å². The molecule has 74 valence electrons. The highest BCUT2D eigenvalue weighted by atomic mass is 32.2. The molecule has 1 nitrogen and oxygen atoms in total. The quantitative estimate of drug-likeness (QED) is 0.853. The van der Waals surface area contributed by atoms with Crippen LogP contribution in [0.4, 0.5) is 0 Å². The van der Waals surface area contributed by atoms with Crippen molar-refractivity contribution < 1.29 is 0 Å². The Morgan fingerprint density at radius 3 is 2.79 bits per heavy atom. The maximum Gasteiger partial charge on any atom is 0.0379 e. The lowest BCUT2D eigenvalue weighted by atomic mass is 10.4. The second-order valence-corrected chi connectivity index (χ2v) is 5.58. The third kappa shape index (κ3) is 2.56. The van der Waals surface area contributed by atoms with Gasteiger partial charge in [-0.05, 0) is 17.0 Å². The Kier molecular flexibility index (Phi) is 3.56. The summed E-state index contributed by atoms with van der Waals surface area (Å²) >= 11 is 3.80. The molecule has 1 aliphatic heterocycles. The summed E-state index contributed by atoms with van der Waals surface area (Å²) in [5, 5.41) is 0.598. The Balaban J connectivity index is 1.97. The van der Waals surface area contributed by atoms with Crippen molar-refractivity contribution in [2.24, 2.45) is 5.73 Å². The molecule has 0 aliphatic carbocycles. The lowest BCUT2D eigenvalue weighted by Gasteiger charge is -2.05. The van der Waals surface area contributed by atoms with Gasteiger partial charge in [0.1, 0.15) is 0 Å². The zero-order chi connectivity index (χ0) is 9.80. The van der Waals surface area contributed by atoms with Crippen LogP contribution in [0, 0.1) is 0 Å². The first-order chi connectivity index (χ1) is 6.88. The first kappa shape index (κ1) is 10.1. The molecule has 1 atom stereocenters. The van der Waals surface area contributed by atoms with Gasteiger partial charge in [-0.2, -0.15) is 0 Å². The molecular weight excluding hydrogens is 210 g/mol. The monoisotopic (exact) mass is 223 g/mol. The highest BCUT2D eigenvalue weighted by Gasteiger charge is 2.16. The van der Waals surface area contributed by atoms with Crippen LogP contribution in [0.25, 0.3) is 0 Å². The predicted octanol–water partition coefficient (Wildman–Crippen LogP) is 2.74. The van der Waals surface area contributed by atoms with Crippen LogP contribution < -0.4 is 5.73 Å². The Bertz CT molecular complexity index is 321. The third-order valence-corrected chi connectivity index (χ3v) is 4.60. The van der Waals surface area contributed by atoms with Gasteiger partial charge in [-0.3, -0.25) is 0 Å². The van der Waals surface area contributed by atoms with E-state index in [1.54, 1.807) is 0 Å². The van der Waals surface area contributed by atoms with Crippen LogP contribution in [0.3, 0.4) is 0 Å². The SMILES string of the molecule is NCC1=CC(Sc2ccccc2)CS1. The van der Waals surface area contributed by atoms with E-state index in [1.165, 1.54) is 9.80 Å². The van der Waals surface area contributed by atoms with E-state index in [4.69, 9.17) is 5.73 Å². The van der Waals surface area contributed by atoms with Crippen molar-refractivity contribution in [3.8, 4) is 0 Å². The standard InChI is InChI=1S/C11H13NS2/c12-7-10-6-11(8-13-10)14-9-4-2-1-3-5-9/h1-6,11H,7-8,12H2. The van der Waals surface area contributed by atoms with E-state index in [9.17, 15) is 0 Å². The molecule has 0 fully saturated rings. The highest BCUT2D eigenvalue weighted by molar-refractivity contribution is 8.06. The molecule has 2 N–H and O–H groups in total. The van der Waals surface area contributed by atoms with Gasteiger partial charge in [0, 0.05) is 22.4 Å². The topological polar surface area (TPSA) is 26.0 Å². The minimum atomic E-state index is 0.598.